The van der Waals surface area contributed by atoms with Gasteiger partial charge in [-0.15, -0.1) is 0 Å². The molecule has 1 unspecified atom stereocenters. The molecule has 19 heavy (non-hydrogen) atoms. The van der Waals surface area contributed by atoms with Gasteiger partial charge in [0.05, 0.1) is 23.0 Å². The number of hydrogen-bond donors (Lipinski definition) is 1. The Balaban J connectivity index is 2.18. The van der Waals surface area contributed by atoms with Crippen molar-refractivity contribution >= 4 is 11.6 Å². The van der Waals surface area contributed by atoms with E-state index < -0.39 is 0 Å². The van der Waals surface area contributed by atoms with Crippen LogP contribution in [0.3, 0.4) is 0 Å². The van der Waals surface area contributed by atoms with E-state index in [0.29, 0.717) is 5.02 Å². The number of hydrogen-bond acceptors (Lipinski definition) is 3. The Morgan fingerprint density at radius 2 is 2.26 bits per heavy atom. The maximum absolute atomic E-state index is 6.23. The molecule has 2 aromatic heterocycles. The van der Waals surface area contributed by atoms with Gasteiger partial charge < -0.3 is 5.32 Å². The summed E-state index contributed by atoms with van der Waals surface area (Å²) >= 11 is 6.23. The third kappa shape index (κ3) is 3.55. The molecule has 0 aliphatic carbocycles. The van der Waals surface area contributed by atoms with Gasteiger partial charge in [0.25, 0.3) is 0 Å². The normalized spacial score (nSPS) is 12.6. The topological polar surface area (TPSA) is 42.7 Å². The number of likely N-dealkylation sites (N-methyl/N-ethyl adjacent to an activating group) is 1. The molecule has 0 spiro atoms. The number of nitrogens with zero attached hydrogens (tertiary/aromatic N) is 3. The largest absolute Gasteiger partial charge is 0.309 e. The fourth-order valence-electron chi connectivity index (χ4n) is 2.09. The monoisotopic (exact) mass is 278 g/mol. The Bertz CT molecular complexity index is 524. The number of aromatic nitrogens is 3. The molecule has 2 heterocycles. The highest BCUT2D eigenvalue weighted by Gasteiger charge is 2.16. The van der Waals surface area contributed by atoms with Gasteiger partial charge in [-0.25, -0.2) is 0 Å². The van der Waals surface area contributed by atoms with Gasteiger partial charge in [-0.3, -0.25) is 9.67 Å². The summed E-state index contributed by atoms with van der Waals surface area (Å²) in [6.07, 6.45) is 6.59. The lowest BCUT2D eigenvalue weighted by atomic mass is 10.1. The van der Waals surface area contributed by atoms with Crippen molar-refractivity contribution < 1.29 is 0 Å². The lowest BCUT2D eigenvalue weighted by Crippen LogP contribution is -2.24. The van der Waals surface area contributed by atoms with Crippen molar-refractivity contribution in [2.45, 2.75) is 32.9 Å². The molecule has 0 aliphatic rings. The molecule has 0 saturated carbocycles. The SMILES string of the molecule is CCNC(Cc1cnn(CC)c1)c1ncccc1Cl. The first-order chi connectivity index (χ1) is 9.24. The summed E-state index contributed by atoms with van der Waals surface area (Å²) in [5.41, 5.74) is 2.09. The van der Waals surface area contributed by atoms with Crippen LogP contribution >= 0.6 is 11.6 Å². The number of rotatable bonds is 6. The minimum atomic E-state index is 0.119. The molecular weight excluding hydrogens is 260 g/mol. The summed E-state index contributed by atoms with van der Waals surface area (Å²) in [6, 6.07) is 3.85. The lowest BCUT2D eigenvalue weighted by Gasteiger charge is -2.17. The minimum Gasteiger partial charge on any atom is -0.309 e. The average molecular weight is 279 g/mol. The van der Waals surface area contributed by atoms with Gasteiger partial charge in [0, 0.05) is 18.9 Å². The van der Waals surface area contributed by atoms with Crippen LogP contribution in [0.15, 0.2) is 30.7 Å². The van der Waals surface area contributed by atoms with Gasteiger partial charge >= 0.3 is 0 Å². The second-order valence-corrected chi connectivity index (χ2v) is 4.80. The summed E-state index contributed by atoms with van der Waals surface area (Å²) in [5, 5.41) is 8.44. The molecule has 0 aromatic carbocycles. The summed E-state index contributed by atoms with van der Waals surface area (Å²) in [7, 11) is 0. The second-order valence-electron chi connectivity index (χ2n) is 4.39. The van der Waals surface area contributed by atoms with Gasteiger partial charge in [-0.1, -0.05) is 18.5 Å². The highest BCUT2D eigenvalue weighted by molar-refractivity contribution is 6.31. The molecule has 4 nitrogen and oxygen atoms in total. The maximum Gasteiger partial charge on any atom is 0.0762 e. The molecule has 2 rings (SSSR count). The van der Waals surface area contributed by atoms with Crippen molar-refractivity contribution in [3.8, 4) is 0 Å². The predicted molar refractivity (Wildman–Crippen MR) is 77.3 cm³/mol. The predicted octanol–water partition coefficient (Wildman–Crippen LogP) is 2.84. The molecule has 5 heteroatoms. The van der Waals surface area contributed by atoms with E-state index in [1.54, 1.807) is 6.20 Å². The van der Waals surface area contributed by atoms with E-state index in [9.17, 15) is 0 Å². The first kappa shape index (κ1) is 14.0. The standard InChI is InChI=1S/C14H19ClN4/c1-3-16-13(14-12(15)6-5-7-17-14)8-11-9-18-19(4-2)10-11/h5-7,9-10,13,16H,3-4,8H2,1-2H3. The van der Waals surface area contributed by atoms with Crippen LogP contribution in [-0.2, 0) is 13.0 Å². The summed E-state index contributed by atoms with van der Waals surface area (Å²) in [4.78, 5) is 4.40. The number of nitrogens with one attached hydrogen (secondary N) is 1. The molecular formula is C14H19ClN4. The van der Waals surface area contributed by atoms with Crippen molar-refractivity contribution in [2.75, 3.05) is 6.54 Å². The van der Waals surface area contributed by atoms with Crippen LogP contribution < -0.4 is 5.32 Å². The molecule has 1 atom stereocenters. The van der Waals surface area contributed by atoms with E-state index in [0.717, 1.165) is 25.2 Å². The summed E-state index contributed by atoms with van der Waals surface area (Å²) < 4.78 is 1.93. The van der Waals surface area contributed by atoms with E-state index >= 15 is 0 Å². The third-order valence-electron chi connectivity index (χ3n) is 3.02. The van der Waals surface area contributed by atoms with E-state index in [1.165, 1.54) is 5.56 Å². The summed E-state index contributed by atoms with van der Waals surface area (Å²) in [6.45, 7) is 5.92. The first-order valence-corrected chi connectivity index (χ1v) is 6.97. The van der Waals surface area contributed by atoms with Crippen LogP contribution in [0.1, 0.15) is 31.1 Å². The van der Waals surface area contributed by atoms with Gasteiger partial charge in [0.1, 0.15) is 0 Å². The van der Waals surface area contributed by atoms with Gasteiger partial charge in [0.15, 0.2) is 0 Å². The van der Waals surface area contributed by atoms with Crippen LogP contribution in [0.2, 0.25) is 5.02 Å². The zero-order chi connectivity index (χ0) is 13.7. The van der Waals surface area contributed by atoms with Crippen LogP contribution in [0.4, 0.5) is 0 Å². The average Bonchev–Trinajstić information content (AvgIpc) is 2.87. The van der Waals surface area contributed by atoms with E-state index in [2.05, 4.69) is 35.4 Å². The molecule has 0 aliphatic heterocycles. The minimum absolute atomic E-state index is 0.119. The summed E-state index contributed by atoms with van der Waals surface area (Å²) in [5.74, 6) is 0. The van der Waals surface area contributed by atoms with Gasteiger partial charge in [-0.05, 0) is 37.6 Å². The van der Waals surface area contributed by atoms with Crippen molar-refractivity contribution in [2.24, 2.45) is 0 Å². The second kappa shape index (κ2) is 6.68. The highest BCUT2D eigenvalue weighted by atomic mass is 35.5. The van der Waals surface area contributed by atoms with Gasteiger partial charge in [0.2, 0.25) is 0 Å². The van der Waals surface area contributed by atoms with Crippen molar-refractivity contribution in [1.82, 2.24) is 20.1 Å². The Labute approximate surface area is 118 Å². The number of aryl methyl sites for hydroxylation is 1. The maximum atomic E-state index is 6.23. The van der Waals surface area contributed by atoms with E-state index in [1.807, 2.05) is 23.0 Å². The number of pyridine rings is 1. The quantitative estimate of drug-likeness (QED) is 0.884. The number of halogens is 1. The van der Waals surface area contributed by atoms with E-state index in [4.69, 9.17) is 11.6 Å². The van der Waals surface area contributed by atoms with E-state index in [-0.39, 0.29) is 6.04 Å². The molecule has 0 amide bonds. The van der Waals surface area contributed by atoms with Crippen LogP contribution in [0, 0.1) is 0 Å². The Hall–Kier alpha value is -1.39. The van der Waals surface area contributed by atoms with Crippen LogP contribution in [0.5, 0.6) is 0 Å². The van der Waals surface area contributed by atoms with Crippen molar-refractivity contribution in [3.05, 3.63) is 47.0 Å². The Morgan fingerprint density at radius 3 is 2.89 bits per heavy atom. The molecule has 0 fully saturated rings. The van der Waals surface area contributed by atoms with Crippen LogP contribution in [0.25, 0.3) is 0 Å². The molecule has 102 valence electrons. The fourth-order valence-corrected chi connectivity index (χ4v) is 2.34. The molecule has 1 N–H and O–H groups in total. The van der Waals surface area contributed by atoms with Crippen molar-refractivity contribution in [3.63, 3.8) is 0 Å². The van der Waals surface area contributed by atoms with Gasteiger partial charge in [-0.2, -0.15) is 5.10 Å². The van der Waals surface area contributed by atoms with Crippen LogP contribution in [-0.4, -0.2) is 21.3 Å². The fraction of sp³-hybridized carbons (Fsp3) is 0.429. The first-order valence-electron chi connectivity index (χ1n) is 6.59. The van der Waals surface area contributed by atoms with Crippen molar-refractivity contribution in [1.29, 1.82) is 0 Å². The Kier molecular flexibility index (Phi) is 4.93. The Morgan fingerprint density at radius 1 is 1.42 bits per heavy atom. The zero-order valence-electron chi connectivity index (χ0n) is 11.3. The third-order valence-corrected chi connectivity index (χ3v) is 3.34. The molecule has 0 bridgehead atoms. The highest BCUT2D eigenvalue weighted by Crippen LogP contribution is 2.23. The molecule has 0 saturated heterocycles. The molecule has 0 radical (unpaired) electrons. The smallest absolute Gasteiger partial charge is 0.0762 e. The lowest BCUT2D eigenvalue weighted by molar-refractivity contribution is 0.536. The molecule has 2 aromatic rings. The zero-order valence-corrected chi connectivity index (χ0v) is 12.1.